The average molecular weight is 482 g/mol. The third-order valence-electron chi connectivity index (χ3n) is 6.09. The Morgan fingerprint density at radius 3 is 2.83 bits per heavy atom. The maximum atomic E-state index is 12.4. The summed E-state index contributed by atoms with van der Waals surface area (Å²) in [7, 11) is -3.49. The smallest absolute Gasteiger partial charge is 0.303 e. The molecule has 0 radical (unpaired) electrons. The minimum Gasteiger partial charge on any atom is -0.481 e. The SMILES string of the molecule is O=C(O)CCC/C=C/C1C2CCC(C2)C1CNS(=O)(=O)/C=C/c1cccc(Br)c1. The monoisotopic (exact) mass is 481 g/mol. The fourth-order valence-corrected chi connectivity index (χ4v) is 6.00. The molecule has 0 saturated heterocycles. The van der Waals surface area contributed by atoms with Crippen molar-refractivity contribution in [2.45, 2.75) is 38.5 Å². The van der Waals surface area contributed by atoms with Gasteiger partial charge < -0.3 is 5.11 Å². The summed E-state index contributed by atoms with van der Waals surface area (Å²) in [6, 6.07) is 7.49. The Morgan fingerprint density at radius 1 is 1.28 bits per heavy atom. The number of rotatable bonds is 10. The van der Waals surface area contributed by atoms with Gasteiger partial charge in [-0.05, 0) is 79.5 Å². The molecule has 29 heavy (non-hydrogen) atoms. The van der Waals surface area contributed by atoms with Crippen LogP contribution in [0.3, 0.4) is 0 Å². The van der Waals surface area contributed by atoms with Crippen molar-refractivity contribution in [2.75, 3.05) is 6.54 Å². The molecule has 0 heterocycles. The standard InChI is InChI=1S/C22H28BrNO4S/c23-19-6-4-5-16(13-19)11-12-29(27,28)24-15-21-18-10-9-17(14-18)20(21)7-2-1-3-8-22(25)26/h2,4-7,11-13,17-18,20-21,24H,1,3,8-10,14-15H2,(H,25,26)/b7-2+,12-11+. The summed E-state index contributed by atoms with van der Waals surface area (Å²) < 4.78 is 28.6. The lowest BCUT2D eigenvalue weighted by molar-refractivity contribution is -0.137. The van der Waals surface area contributed by atoms with Gasteiger partial charge in [-0.25, -0.2) is 13.1 Å². The maximum absolute atomic E-state index is 12.4. The van der Waals surface area contributed by atoms with Crippen LogP contribution in [0.25, 0.3) is 6.08 Å². The molecule has 2 fully saturated rings. The number of sulfonamides is 1. The Labute approximate surface area is 181 Å². The van der Waals surface area contributed by atoms with E-state index in [2.05, 4.69) is 32.8 Å². The fraction of sp³-hybridized carbons (Fsp3) is 0.500. The minimum atomic E-state index is -3.49. The molecule has 4 unspecified atom stereocenters. The number of hydrogen-bond acceptors (Lipinski definition) is 3. The van der Waals surface area contributed by atoms with Crippen molar-refractivity contribution in [2.24, 2.45) is 23.7 Å². The quantitative estimate of drug-likeness (QED) is 0.370. The number of benzene rings is 1. The highest BCUT2D eigenvalue weighted by molar-refractivity contribution is 9.10. The zero-order valence-corrected chi connectivity index (χ0v) is 18.7. The molecule has 1 aromatic carbocycles. The number of carbonyl (C=O) groups is 1. The van der Waals surface area contributed by atoms with Gasteiger partial charge in [0.2, 0.25) is 10.0 Å². The van der Waals surface area contributed by atoms with Crippen LogP contribution >= 0.6 is 15.9 Å². The molecule has 2 bridgehead atoms. The van der Waals surface area contributed by atoms with Crippen molar-refractivity contribution in [1.29, 1.82) is 0 Å². The van der Waals surface area contributed by atoms with Gasteiger partial charge in [-0.15, -0.1) is 0 Å². The number of aliphatic carboxylic acids is 1. The van der Waals surface area contributed by atoms with Gasteiger partial charge in [-0.3, -0.25) is 4.79 Å². The second-order valence-electron chi connectivity index (χ2n) is 8.04. The van der Waals surface area contributed by atoms with E-state index in [0.717, 1.165) is 16.5 Å². The van der Waals surface area contributed by atoms with Crippen LogP contribution in [0.5, 0.6) is 0 Å². The topological polar surface area (TPSA) is 83.5 Å². The van der Waals surface area contributed by atoms with Gasteiger partial charge in [0.25, 0.3) is 0 Å². The van der Waals surface area contributed by atoms with E-state index in [-0.39, 0.29) is 6.42 Å². The molecule has 158 valence electrons. The number of fused-ring (bicyclic) bond motifs is 2. The molecule has 2 aliphatic carbocycles. The van der Waals surface area contributed by atoms with E-state index in [1.165, 1.54) is 24.7 Å². The number of carboxylic acid groups (broad SMARTS) is 1. The third kappa shape index (κ3) is 6.52. The first kappa shape index (κ1) is 22.2. The van der Waals surface area contributed by atoms with Crippen molar-refractivity contribution in [3.63, 3.8) is 0 Å². The number of halogens is 1. The normalized spacial score (nSPS) is 26.7. The van der Waals surface area contributed by atoms with E-state index in [4.69, 9.17) is 5.11 Å². The molecule has 2 saturated carbocycles. The van der Waals surface area contributed by atoms with Crippen LogP contribution in [0.4, 0.5) is 0 Å². The highest BCUT2D eigenvalue weighted by atomic mass is 79.9. The van der Waals surface area contributed by atoms with Crippen molar-refractivity contribution >= 4 is 38.0 Å². The summed E-state index contributed by atoms with van der Waals surface area (Å²) in [5.41, 5.74) is 0.826. The van der Waals surface area contributed by atoms with Gasteiger partial charge in [-0.2, -0.15) is 0 Å². The zero-order chi connectivity index (χ0) is 20.9. The Balaban J connectivity index is 1.56. The van der Waals surface area contributed by atoms with Gasteiger partial charge in [0, 0.05) is 22.8 Å². The van der Waals surface area contributed by atoms with E-state index in [9.17, 15) is 13.2 Å². The summed E-state index contributed by atoms with van der Waals surface area (Å²) in [6.07, 6.45) is 11.0. The third-order valence-corrected chi connectivity index (χ3v) is 7.64. The first-order valence-electron chi connectivity index (χ1n) is 10.2. The predicted molar refractivity (Wildman–Crippen MR) is 119 cm³/mol. The Hall–Kier alpha value is -1.44. The molecular formula is C22H28BrNO4S. The van der Waals surface area contributed by atoms with E-state index in [0.29, 0.717) is 36.6 Å². The van der Waals surface area contributed by atoms with Crippen LogP contribution in [0.2, 0.25) is 0 Å². The van der Waals surface area contributed by atoms with E-state index >= 15 is 0 Å². The van der Waals surface area contributed by atoms with Crippen molar-refractivity contribution in [3.05, 3.63) is 51.9 Å². The minimum absolute atomic E-state index is 0.189. The number of allylic oxidation sites excluding steroid dienone is 2. The second kappa shape index (κ2) is 10.0. The van der Waals surface area contributed by atoms with E-state index in [1.807, 2.05) is 24.3 Å². The van der Waals surface area contributed by atoms with Gasteiger partial charge >= 0.3 is 5.97 Å². The number of carboxylic acids is 1. The van der Waals surface area contributed by atoms with Gasteiger partial charge in [0.05, 0.1) is 0 Å². The average Bonchev–Trinajstić information content (AvgIpc) is 3.26. The Kier molecular flexibility index (Phi) is 7.71. The fourth-order valence-electron chi connectivity index (χ4n) is 4.72. The first-order valence-corrected chi connectivity index (χ1v) is 12.5. The van der Waals surface area contributed by atoms with Crippen molar-refractivity contribution in [3.8, 4) is 0 Å². The number of unbranched alkanes of at least 4 members (excludes halogenated alkanes) is 1. The summed E-state index contributed by atoms with van der Waals surface area (Å²) in [5, 5.41) is 9.97. The highest BCUT2D eigenvalue weighted by Gasteiger charge is 2.46. The lowest BCUT2D eigenvalue weighted by Gasteiger charge is -2.29. The van der Waals surface area contributed by atoms with Crippen LogP contribution in [0.15, 0.2) is 46.3 Å². The van der Waals surface area contributed by atoms with Gasteiger partial charge in [-0.1, -0.05) is 40.2 Å². The molecule has 1 aromatic rings. The number of hydrogen-bond donors (Lipinski definition) is 2. The van der Waals surface area contributed by atoms with Crippen LogP contribution in [0, 0.1) is 23.7 Å². The molecule has 4 atom stereocenters. The molecular weight excluding hydrogens is 454 g/mol. The summed E-state index contributed by atoms with van der Waals surface area (Å²) in [6.45, 7) is 0.455. The Morgan fingerprint density at radius 2 is 2.07 bits per heavy atom. The molecule has 0 aromatic heterocycles. The van der Waals surface area contributed by atoms with E-state index in [1.54, 1.807) is 6.08 Å². The summed E-state index contributed by atoms with van der Waals surface area (Å²) in [5.74, 6) is 1.14. The molecule has 3 rings (SSSR count). The lowest BCUT2D eigenvalue weighted by atomic mass is 9.79. The number of nitrogens with one attached hydrogen (secondary N) is 1. The molecule has 5 nitrogen and oxygen atoms in total. The largest absolute Gasteiger partial charge is 0.481 e. The molecule has 2 aliphatic rings. The highest BCUT2D eigenvalue weighted by Crippen LogP contribution is 2.52. The van der Waals surface area contributed by atoms with Crippen LogP contribution < -0.4 is 4.72 Å². The molecule has 0 amide bonds. The predicted octanol–water partition coefficient (Wildman–Crippen LogP) is 4.81. The Bertz CT molecular complexity index is 881. The second-order valence-corrected chi connectivity index (χ2v) is 10.6. The van der Waals surface area contributed by atoms with Crippen LogP contribution in [-0.2, 0) is 14.8 Å². The molecule has 7 heteroatoms. The lowest BCUT2D eigenvalue weighted by Crippen LogP contribution is -2.34. The maximum Gasteiger partial charge on any atom is 0.303 e. The molecule has 0 spiro atoms. The summed E-state index contributed by atoms with van der Waals surface area (Å²) in [4.78, 5) is 10.6. The first-order chi connectivity index (χ1) is 13.8. The van der Waals surface area contributed by atoms with Gasteiger partial charge in [0.1, 0.15) is 0 Å². The molecule has 0 aliphatic heterocycles. The van der Waals surface area contributed by atoms with Gasteiger partial charge in [0.15, 0.2) is 0 Å². The van der Waals surface area contributed by atoms with Crippen LogP contribution in [0.1, 0.15) is 44.1 Å². The van der Waals surface area contributed by atoms with Crippen LogP contribution in [-0.4, -0.2) is 26.0 Å². The molecule has 2 N–H and O–H groups in total. The summed E-state index contributed by atoms with van der Waals surface area (Å²) >= 11 is 3.39. The van der Waals surface area contributed by atoms with Crippen molar-refractivity contribution in [1.82, 2.24) is 4.72 Å². The zero-order valence-electron chi connectivity index (χ0n) is 16.3. The van der Waals surface area contributed by atoms with E-state index < -0.39 is 16.0 Å². The van der Waals surface area contributed by atoms with Crippen molar-refractivity contribution < 1.29 is 18.3 Å².